The van der Waals surface area contributed by atoms with Crippen LogP contribution in [0.5, 0.6) is 5.75 Å². The average Bonchev–Trinajstić information content (AvgIpc) is 2.68. The highest BCUT2D eigenvalue weighted by atomic mass is 32.2. The second kappa shape index (κ2) is 10.7. The van der Waals surface area contributed by atoms with Crippen LogP contribution in [-0.2, 0) is 9.59 Å². The van der Waals surface area contributed by atoms with E-state index in [2.05, 4.69) is 10.6 Å². The van der Waals surface area contributed by atoms with Gasteiger partial charge in [0.1, 0.15) is 11.0 Å². The van der Waals surface area contributed by atoms with E-state index in [9.17, 15) is 14.4 Å². The van der Waals surface area contributed by atoms with Crippen molar-refractivity contribution in [3.63, 3.8) is 0 Å². The summed E-state index contributed by atoms with van der Waals surface area (Å²) in [4.78, 5) is 37.9. The zero-order valence-corrected chi connectivity index (χ0v) is 18.6. The Morgan fingerprint density at radius 3 is 2.10 bits per heavy atom. The number of nitrogens with one attached hydrogen (secondary N) is 2. The topological polar surface area (TPSA) is 87.7 Å². The summed E-state index contributed by atoms with van der Waals surface area (Å²) in [6.45, 7) is 7.01. The third-order valence-electron chi connectivity index (χ3n) is 3.98. The lowest BCUT2D eigenvalue weighted by Crippen LogP contribution is -2.40. The minimum absolute atomic E-state index is 0.0424. The largest absolute Gasteiger partial charge is 0.426 e. The average molecular weight is 430 g/mol. The SMILES string of the molecule is CC(=O)Nc1ccc(SC(C)C(=O)Oc2ccc(N(C)C(=O)NC(C)C)cc2)cc1. The standard InChI is InChI=1S/C22H27N3O4S/c1-14(2)23-22(28)25(5)18-8-10-19(11-9-18)29-21(27)15(3)30-20-12-6-17(7-13-20)24-16(4)26/h6-15H,1-5H3,(H,23,28)(H,24,26). The van der Waals surface area contributed by atoms with Crippen molar-refractivity contribution in [1.29, 1.82) is 0 Å². The molecule has 0 aliphatic carbocycles. The maximum absolute atomic E-state index is 12.4. The third-order valence-corrected chi connectivity index (χ3v) is 5.07. The zero-order valence-electron chi connectivity index (χ0n) is 17.8. The van der Waals surface area contributed by atoms with Gasteiger partial charge in [-0.2, -0.15) is 0 Å². The number of amides is 3. The fraction of sp³-hybridized carbons (Fsp3) is 0.318. The van der Waals surface area contributed by atoms with Gasteiger partial charge in [0.2, 0.25) is 5.91 Å². The van der Waals surface area contributed by atoms with Crippen molar-refractivity contribution in [2.75, 3.05) is 17.3 Å². The molecule has 0 aliphatic rings. The van der Waals surface area contributed by atoms with Crippen LogP contribution in [-0.4, -0.2) is 36.2 Å². The summed E-state index contributed by atoms with van der Waals surface area (Å²) in [6.07, 6.45) is 0. The number of thioether (sulfide) groups is 1. The highest BCUT2D eigenvalue weighted by Crippen LogP contribution is 2.26. The Kier molecular flexibility index (Phi) is 8.29. The van der Waals surface area contributed by atoms with Crippen LogP contribution in [0.1, 0.15) is 27.7 Å². The number of nitrogens with zero attached hydrogens (tertiary/aromatic N) is 1. The minimum atomic E-state index is -0.421. The second-order valence-electron chi connectivity index (χ2n) is 7.04. The summed E-state index contributed by atoms with van der Waals surface area (Å²) >= 11 is 1.37. The van der Waals surface area contributed by atoms with Crippen molar-refractivity contribution in [1.82, 2.24) is 5.32 Å². The molecule has 7 nitrogen and oxygen atoms in total. The lowest BCUT2D eigenvalue weighted by molar-refractivity contribution is -0.133. The third kappa shape index (κ3) is 7.11. The van der Waals surface area contributed by atoms with Crippen molar-refractivity contribution < 1.29 is 19.1 Å². The number of hydrogen-bond acceptors (Lipinski definition) is 5. The van der Waals surface area contributed by atoms with Gasteiger partial charge in [0.15, 0.2) is 0 Å². The molecule has 3 amide bonds. The van der Waals surface area contributed by atoms with Crippen LogP contribution in [0.2, 0.25) is 0 Å². The molecule has 0 bridgehead atoms. The molecule has 0 fully saturated rings. The van der Waals surface area contributed by atoms with Gasteiger partial charge >= 0.3 is 12.0 Å². The van der Waals surface area contributed by atoms with Crippen LogP contribution in [0, 0.1) is 0 Å². The van der Waals surface area contributed by atoms with Crippen molar-refractivity contribution in [2.24, 2.45) is 0 Å². The van der Waals surface area contributed by atoms with Crippen molar-refractivity contribution >= 4 is 41.0 Å². The van der Waals surface area contributed by atoms with E-state index in [-0.39, 0.29) is 23.9 Å². The smallest absolute Gasteiger partial charge is 0.324 e. The zero-order chi connectivity index (χ0) is 22.3. The monoisotopic (exact) mass is 429 g/mol. The number of carbonyl (C=O) groups excluding carboxylic acids is 3. The highest BCUT2D eigenvalue weighted by Gasteiger charge is 2.18. The van der Waals surface area contributed by atoms with Crippen LogP contribution in [0.3, 0.4) is 0 Å². The molecule has 0 heterocycles. The molecule has 0 saturated carbocycles. The van der Waals surface area contributed by atoms with Gasteiger partial charge in [0, 0.05) is 36.3 Å². The van der Waals surface area contributed by atoms with Gasteiger partial charge < -0.3 is 15.4 Å². The maximum atomic E-state index is 12.4. The molecule has 2 rings (SSSR count). The summed E-state index contributed by atoms with van der Waals surface area (Å²) in [5.74, 6) is -0.0930. The van der Waals surface area contributed by atoms with E-state index >= 15 is 0 Å². The normalized spacial score (nSPS) is 11.5. The van der Waals surface area contributed by atoms with E-state index in [4.69, 9.17) is 4.74 Å². The molecule has 0 spiro atoms. The van der Waals surface area contributed by atoms with E-state index in [0.29, 0.717) is 17.1 Å². The molecule has 30 heavy (non-hydrogen) atoms. The Morgan fingerprint density at radius 1 is 0.967 bits per heavy atom. The van der Waals surface area contributed by atoms with E-state index in [1.165, 1.54) is 23.6 Å². The van der Waals surface area contributed by atoms with Crippen molar-refractivity contribution in [3.05, 3.63) is 48.5 Å². The first-order valence-electron chi connectivity index (χ1n) is 9.56. The second-order valence-corrected chi connectivity index (χ2v) is 8.46. The molecule has 0 aliphatic heterocycles. The Hall–Kier alpha value is -3.00. The number of benzene rings is 2. The van der Waals surface area contributed by atoms with Gasteiger partial charge in [0.25, 0.3) is 0 Å². The first-order valence-corrected chi connectivity index (χ1v) is 10.4. The van der Waals surface area contributed by atoms with Crippen LogP contribution in [0.4, 0.5) is 16.2 Å². The van der Waals surface area contributed by atoms with E-state index in [0.717, 1.165) is 4.90 Å². The fourth-order valence-corrected chi connectivity index (χ4v) is 3.32. The Labute approximate surface area is 181 Å². The molecule has 0 aromatic heterocycles. The molecule has 0 radical (unpaired) electrons. The predicted octanol–water partition coefficient (Wildman–Crippen LogP) is 4.29. The van der Waals surface area contributed by atoms with Gasteiger partial charge in [-0.15, -0.1) is 11.8 Å². The van der Waals surface area contributed by atoms with Crippen LogP contribution in [0.25, 0.3) is 0 Å². The molecular formula is C22H27N3O4S. The lowest BCUT2D eigenvalue weighted by Gasteiger charge is -2.20. The Morgan fingerprint density at radius 2 is 1.57 bits per heavy atom. The van der Waals surface area contributed by atoms with Crippen molar-refractivity contribution in [3.8, 4) is 5.75 Å². The van der Waals surface area contributed by atoms with E-state index in [1.807, 2.05) is 26.0 Å². The minimum Gasteiger partial charge on any atom is -0.426 e. The number of carbonyl (C=O) groups is 3. The number of rotatable bonds is 7. The molecule has 2 aromatic carbocycles. The molecule has 2 N–H and O–H groups in total. The first kappa shape index (κ1) is 23.3. The summed E-state index contributed by atoms with van der Waals surface area (Å²) < 4.78 is 5.45. The van der Waals surface area contributed by atoms with Gasteiger partial charge in [-0.05, 0) is 69.3 Å². The molecule has 8 heteroatoms. The highest BCUT2D eigenvalue weighted by molar-refractivity contribution is 8.00. The molecule has 1 atom stereocenters. The van der Waals surface area contributed by atoms with Crippen LogP contribution >= 0.6 is 11.8 Å². The van der Waals surface area contributed by atoms with Gasteiger partial charge in [-0.25, -0.2) is 4.79 Å². The van der Waals surface area contributed by atoms with Gasteiger partial charge in [-0.1, -0.05) is 0 Å². The fourth-order valence-electron chi connectivity index (χ4n) is 2.47. The summed E-state index contributed by atoms with van der Waals surface area (Å²) in [5, 5.41) is 5.10. The maximum Gasteiger partial charge on any atom is 0.324 e. The molecular weight excluding hydrogens is 402 g/mol. The number of esters is 1. The Balaban J connectivity index is 1.92. The summed E-state index contributed by atoms with van der Waals surface area (Å²) in [7, 11) is 1.68. The van der Waals surface area contributed by atoms with Gasteiger partial charge in [0.05, 0.1) is 0 Å². The molecule has 1 unspecified atom stereocenters. The molecule has 160 valence electrons. The molecule has 2 aromatic rings. The summed E-state index contributed by atoms with van der Waals surface area (Å²) in [5.41, 5.74) is 1.39. The quantitative estimate of drug-likeness (QED) is 0.390. The van der Waals surface area contributed by atoms with Crippen molar-refractivity contribution in [2.45, 2.75) is 43.9 Å². The van der Waals surface area contributed by atoms with Gasteiger partial charge in [-0.3, -0.25) is 14.5 Å². The first-order chi connectivity index (χ1) is 14.2. The van der Waals surface area contributed by atoms with E-state index < -0.39 is 5.25 Å². The van der Waals surface area contributed by atoms with Crippen LogP contribution < -0.4 is 20.3 Å². The lowest BCUT2D eigenvalue weighted by atomic mass is 10.3. The summed E-state index contributed by atoms with van der Waals surface area (Å²) in [6, 6.07) is 13.9. The number of ether oxygens (including phenoxy) is 1. The van der Waals surface area contributed by atoms with E-state index in [1.54, 1.807) is 50.4 Å². The molecule has 0 saturated heterocycles. The number of urea groups is 1. The number of anilines is 2. The number of hydrogen-bond donors (Lipinski definition) is 2. The predicted molar refractivity (Wildman–Crippen MR) is 120 cm³/mol. The Bertz CT molecular complexity index is 882. The van der Waals surface area contributed by atoms with Crippen LogP contribution in [0.15, 0.2) is 53.4 Å².